The molecule has 34 heavy (non-hydrogen) atoms. The Hall–Kier alpha value is -3.72. The van der Waals surface area contributed by atoms with Crippen molar-refractivity contribution in [3.8, 4) is 0 Å². The molecule has 1 aromatic carbocycles. The van der Waals surface area contributed by atoms with Crippen LogP contribution in [0, 0.1) is 5.82 Å². The van der Waals surface area contributed by atoms with Crippen LogP contribution in [0.5, 0.6) is 0 Å². The molecule has 0 radical (unpaired) electrons. The third-order valence-electron chi connectivity index (χ3n) is 6.37. The topological polar surface area (TPSA) is 101 Å². The molecule has 1 aromatic heterocycles. The summed E-state index contributed by atoms with van der Waals surface area (Å²) in [5.74, 6) is -0.297. The highest BCUT2D eigenvalue weighted by Gasteiger charge is 2.40. The number of esters is 1. The number of amides is 1. The molecule has 5 rings (SSSR count). The highest BCUT2D eigenvalue weighted by atomic mass is 19.1. The van der Waals surface area contributed by atoms with E-state index in [9.17, 15) is 19.1 Å². The van der Waals surface area contributed by atoms with Crippen LogP contribution in [0.3, 0.4) is 0 Å². The van der Waals surface area contributed by atoms with E-state index in [1.165, 1.54) is 25.3 Å². The summed E-state index contributed by atoms with van der Waals surface area (Å²) in [6, 6.07) is 7.18. The standard InChI is InChI=1S/C25H24FN3O5/c1-25(2)17(10-20(34-25)22-16-8-14(26)5-6-18(16)28-23(22)31)13-4-7-21(27-11-13)29-12-15(30)9-19(29)24(32)33-3/h4-8,10-11,15,19,30H,9,12H2,1-3H3,(H,28,31)/t15-,19+/m1/s1. The van der Waals surface area contributed by atoms with Crippen LogP contribution in [0.1, 0.15) is 31.4 Å². The molecule has 3 aliphatic heterocycles. The second-order valence-corrected chi connectivity index (χ2v) is 9.04. The fourth-order valence-corrected chi connectivity index (χ4v) is 4.74. The molecule has 0 aliphatic carbocycles. The maximum absolute atomic E-state index is 13.9. The lowest BCUT2D eigenvalue weighted by atomic mass is 9.93. The maximum atomic E-state index is 13.9. The number of ether oxygens (including phenoxy) is 2. The lowest BCUT2D eigenvalue weighted by Gasteiger charge is -2.25. The predicted molar refractivity (Wildman–Crippen MR) is 123 cm³/mol. The summed E-state index contributed by atoms with van der Waals surface area (Å²) in [6.45, 7) is 4.04. The van der Waals surface area contributed by atoms with Crippen molar-refractivity contribution >= 4 is 34.5 Å². The molecule has 1 fully saturated rings. The van der Waals surface area contributed by atoms with Gasteiger partial charge in [0.15, 0.2) is 0 Å². The summed E-state index contributed by atoms with van der Waals surface area (Å²) < 4.78 is 24.9. The van der Waals surface area contributed by atoms with Gasteiger partial charge in [0.1, 0.15) is 29.0 Å². The van der Waals surface area contributed by atoms with Gasteiger partial charge in [-0.05, 0) is 50.3 Å². The number of β-amino-alcohol motifs (C(OH)–C–C–N with tert-alkyl or cyclic N) is 1. The summed E-state index contributed by atoms with van der Waals surface area (Å²) in [5, 5.41) is 12.8. The summed E-state index contributed by atoms with van der Waals surface area (Å²) in [4.78, 5) is 31.0. The molecular formula is C25H24FN3O5. The van der Waals surface area contributed by atoms with Gasteiger partial charge in [0.05, 0.1) is 18.8 Å². The summed E-state index contributed by atoms with van der Waals surface area (Å²) >= 11 is 0. The number of rotatable bonds is 3. The Morgan fingerprint density at radius 2 is 2.12 bits per heavy atom. The van der Waals surface area contributed by atoms with Crippen LogP contribution in [0.4, 0.5) is 15.9 Å². The van der Waals surface area contributed by atoms with E-state index in [0.29, 0.717) is 22.8 Å². The number of allylic oxidation sites excluding steroid dienone is 1. The van der Waals surface area contributed by atoms with E-state index in [4.69, 9.17) is 9.47 Å². The molecule has 4 heterocycles. The molecule has 0 unspecified atom stereocenters. The predicted octanol–water partition coefficient (Wildman–Crippen LogP) is 2.89. The van der Waals surface area contributed by atoms with Crippen LogP contribution in [0.2, 0.25) is 0 Å². The number of aromatic nitrogens is 1. The van der Waals surface area contributed by atoms with Gasteiger partial charge in [-0.1, -0.05) is 0 Å². The first-order valence-electron chi connectivity index (χ1n) is 10.9. The average Bonchev–Trinajstić information content (AvgIpc) is 3.44. The van der Waals surface area contributed by atoms with Gasteiger partial charge in [0, 0.05) is 41.5 Å². The first kappa shape index (κ1) is 22.1. The number of nitrogens with zero attached hydrogens (tertiary/aromatic N) is 2. The smallest absolute Gasteiger partial charge is 0.328 e. The highest BCUT2D eigenvalue weighted by molar-refractivity contribution is 6.32. The minimum Gasteiger partial charge on any atom is -0.482 e. The molecule has 8 nitrogen and oxygen atoms in total. The van der Waals surface area contributed by atoms with E-state index < -0.39 is 29.5 Å². The summed E-state index contributed by atoms with van der Waals surface area (Å²) in [6.07, 6.45) is 3.09. The third kappa shape index (κ3) is 3.62. The fourth-order valence-electron chi connectivity index (χ4n) is 4.74. The van der Waals surface area contributed by atoms with E-state index in [0.717, 1.165) is 11.1 Å². The van der Waals surface area contributed by atoms with Gasteiger partial charge >= 0.3 is 5.97 Å². The van der Waals surface area contributed by atoms with Gasteiger partial charge in [-0.15, -0.1) is 0 Å². The molecule has 0 bridgehead atoms. The van der Waals surface area contributed by atoms with Crippen molar-refractivity contribution in [1.82, 2.24) is 4.98 Å². The van der Waals surface area contributed by atoms with E-state index in [-0.39, 0.29) is 24.4 Å². The van der Waals surface area contributed by atoms with Crippen LogP contribution in [0.15, 0.2) is 48.4 Å². The van der Waals surface area contributed by atoms with Crippen molar-refractivity contribution < 1.29 is 28.6 Å². The lowest BCUT2D eigenvalue weighted by molar-refractivity contribution is -0.142. The van der Waals surface area contributed by atoms with Crippen LogP contribution in [-0.4, -0.2) is 53.4 Å². The fraction of sp³-hybridized carbons (Fsp3) is 0.320. The SMILES string of the molecule is COC(=O)[C@@H]1C[C@@H](O)CN1c1ccc(C2=CC(=C3C(=O)Nc4ccc(F)cc43)OC2(C)C)cn1. The summed E-state index contributed by atoms with van der Waals surface area (Å²) in [5.41, 5.74) is 2.10. The normalized spacial score (nSPS) is 25.0. The number of methoxy groups -OCH3 is 1. The molecule has 1 amide bonds. The molecule has 2 aromatic rings. The molecular weight excluding hydrogens is 441 g/mol. The van der Waals surface area contributed by atoms with Crippen molar-refractivity contribution in [2.75, 3.05) is 23.9 Å². The molecule has 3 aliphatic rings. The van der Waals surface area contributed by atoms with Crippen LogP contribution in [-0.2, 0) is 19.1 Å². The van der Waals surface area contributed by atoms with Gasteiger partial charge in [0.25, 0.3) is 5.91 Å². The van der Waals surface area contributed by atoms with Crippen LogP contribution < -0.4 is 10.2 Å². The molecule has 0 spiro atoms. The number of carbonyl (C=O) groups is 2. The van der Waals surface area contributed by atoms with Crippen molar-refractivity contribution in [2.45, 2.75) is 38.0 Å². The zero-order chi connectivity index (χ0) is 24.2. The van der Waals surface area contributed by atoms with Gasteiger partial charge in [-0.3, -0.25) is 4.79 Å². The van der Waals surface area contributed by atoms with E-state index in [1.54, 1.807) is 23.2 Å². The number of hydrogen-bond donors (Lipinski definition) is 2. The Bertz CT molecular complexity index is 1250. The minimum atomic E-state index is -0.764. The summed E-state index contributed by atoms with van der Waals surface area (Å²) in [7, 11) is 1.32. The van der Waals surface area contributed by atoms with E-state index >= 15 is 0 Å². The van der Waals surface area contributed by atoms with E-state index in [2.05, 4.69) is 10.3 Å². The monoisotopic (exact) mass is 465 g/mol. The van der Waals surface area contributed by atoms with Gasteiger partial charge in [0.2, 0.25) is 0 Å². The Morgan fingerprint density at radius 3 is 2.82 bits per heavy atom. The second kappa shape index (κ2) is 7.95. The Labute approximate surface area is 195 Å². The molecule has 9 heteroatoms. The van der Waals surface area contributed by atoms with Crippen LogP contribution >= 0.6 is 0 Å². The lowest BCUT2D eigenvalue weighted by Crippen LogP contribution is -2.37. The molecule has 1 saturated heterocycles. The first-order valence-corrected chi connectivity index (χ1v) is 10.9. The van der Waals surface area contributed by atoms with Gasteiger partial charge < -0.3 is 24.8 Å². The zero-order valence-corrected chi connectivity index (χ0v) is 19.0. The van der Waals surface area contributed by atoms with Crippen molar-refractivity contribution in [3.63, 3.8) is 0 Å². The molecule has 0 saturated carbocycles. The number of fused-ring (bicyclic) bond motifs is 1. The number of halogens is 1. The minimum absolute atomic E-state index is 0.281. The molecule has 2 atom stereocenters. The number of aliphatic hydroxyl groups excluding tert-OH is 1. The van der Waals surface area contributed by atoms with Crippen molar-refractivity contribution in [3.05, 3.63) is 65.3 Å². The number of hydrogen-bond acceptors (Lipinski definition) is 7. The number of benzene rings is 1. The number of anilines is 2. The van der Waals surface area contributed by atoms with E-state index in [1.807, 2.05) is 19.9 Å². The number of aliphatic hydroxyl groups is 1. The number of pyridine rings is 1. The maximum Gasteiger partial charge on any atom is 0.328 e. The van der Waals surface area contributed by atoms with Crippen LogP contribution in [0.25, 0.3) is 11.1 Å². The van der Waals surface area contributed by atoms with Crippen molar-refractivity contribution in [2.24, 2.45) is 0 Å². The number of nitrogens with one attached hydrogen (secondary N) is 1. The molecule has 2 N–H and O–H groups in total. The van der Waals surface area contributed by atoms with Crippen molar-refractivity contribution in [1.29, 1.82) is 0 Å². The Kier molecular flexibility index (Phi) is 5.16. The first-order chi connectivity index (χ1) is 16.2. The second-order valence-electron chi connectivity index (χ2n) is 9.04. The number of carbonyl (C=O) groups excluding carboxylic acids is 2. The quantitative estimate of drug-likeness (QED) is 0.531. The van der Waals surface area contributed by atoms with Gasteiger partial charge in [-0.25, -0.2) is 14.2 Å². The van der Waals surface area contributed by atoms with Gasteiger partial charge in [-0.2, -0.15) is 0 Å². The Balaban J connectivity index is 1.49. The zero-order valence-electron chi connectivity index (χ0n) is 19.0. The Morgan fingerprint density at radius 1 is 1.32 bits per heavy atom. The average molecular weight is 465 g/mol. The molecule has 176 valence electrons. The highest BCUT2D eigenvalue weighted by Crippen LogP contribution is 2.44. The third-order valence-corrected chi connectivity index (χ3v) is 6.37. The largest absolute Gasteiger partial charge is 0.482 e.